The quantitative estimate of drug-likeness (QED) is 0.876. The SMILES string of the molecule is CC(C)Oc1cncc(C2CCCC(O)C2)c1. The standard InChI is InChI=1S/C14H21NO2/c1-10(2)17-14-7-12(8-15-9-14)11-4-3-5-13(16)6-11/h7-11,13,16H,3-6H2,1-2H3. The maximum Gasteiger partial charge on any atom is 0.138 e. The lowest BCUT2D eigenvalue weighted by Gasteiger charge is -2.26. The lowest BCUT2D eigenvalue weighted by molar-refractivity contribution is 0.119. The van der Waals surface area contributed by atoms with Gasteiger partial charge in [-0.15, -0.1) is 0 Å². The van der Waals surface area contributed by atoms with E-state index in [0.29, 0.717) is 5.92 Å². The van der Waals surface area contributed by atoms with Gasteiger partial charge in [0.05, 0.1) is 18.4 Å². The molecule has 1 heterocycles. The zero-order valence-corrected chi connectivity index (χ0v) is 10.6. The summed E-state index contributed by atoms with van der Waals surface area (Å²) in [5, 5.41) is 9.70. The highest BCUT2D eigenvalue weighted by Gasteiger charge is 2.22. The van der Waals surface area contributed by atoms with Crippen molar-refractivity contribution in [3.8, 4) is 5.75 Å². The molecule has 1 fully saturated rings. The van der Waals surface area contributed by atoms with Crippen LogP contribution in [0.2, 0.25) is 0 Å². The largest absolute Gasteiger partial charge is 0.489 e. The Morgan fingerprint density at radius 1 is 1.35 bits per heavy atom. The normalized spacial score (nSPS) is 24.9. The van der Waals surface area contributed by atoms with Crippen LogP contribution in [0.15, 0.2) is 18.5 Å². The molecule has 1 aromatic heterocycles. The molecule has 0 saturated heterocycles. The van der Waals surface area contributed by atoms with Gasteiger partial charge in [0.2, 0.25) is 0 Å². The lowest BCUT2D eigenvalue weighted by atomic mass is 9.83. The van der Waals surface area contributed by atoms with Crippen molar-refractivity contribution in [1.82, 2.24) is 4.98 Å². The molecule has 0 aliphatic heterocycles. The van der Waals surface area contributed by atoms with Gasteiger partial charge in [-0.05, 0) is 50.7 Å². The molecule has 0 aromatic carbocycles. The van der Waals surface area contributed by atoms with Crippen molar-refractivity contribution in [2.24, 2.45) is 0 Å². The summed E-state index contributed by atoms with van der Waals surface area (Å²) < 4.78 is 5.65. The molecule has 1 saturated carbocycles. The van der Waals surface area contributed by atoms with E-state index < -0.39 is 0 Å². The van der Waals surface area contributed by atoms with Crippen LogP contribution in [0, 0.1) is 0 Å². The zero-order valence-electron chi connectivity index (χ0n) is 10.6. The van der Waals surface area contributed by atoms with Gasteiger partial charge in [0.1, 0.15) is 5.75 Å². The number of pyridine rings is 1. The van der Waals surface area contributed by atoms with Gasteiger partial charge < -0.3 is 9.84 Å². The van der Waals surface area contributed by atoms with Crippen LogP contribution in [-0.4, -0.2) is 22.3 Å². The van der Waals surface area contributed by atoms with Gasteiger partial charge in [-0.1, -0.05) is 6.42 Å². The molecule has 2 rings (SSSR count). The van der Waals surface area contributed by atoms with E-state index in [1.165, 1.54) is 5.56 Å². The Balaban J connectivity index is 2.09. The summed E-state index contributed by atoms with van der Waals surface area (Å²) in [5.41, 5.74) is 1.20. The van der Waals surface area contributed by atoms with Crippen LogP contribution in [0.5, 0.6) is 5.75 Å². The second-order valence-corrected chi connectivity index (χ2v) is 5.14. The first kappa shape index (κ1) is 12.4. The highest BCUT2D eigenvalue weighted by atomic mass is 16.5. The van der Waals surface area contributed by atoms with Crippen molar-refractivity contribution in [1.29, 1.82) is 0 Å². The van der Waals surface area contributed by atoms with Gasteiger partial charge in [-0.3, -0.25) is 4.98 Å². The Kier molecular flexibility index (Phi) is 4.00. The average molecular weight is 235 g/mol. The third kappa shape index (κ3) is 3.43. The Hall–Kier alpha value is -1.09. The molecule has 17 heavy (non-hydrogen) atoms. The van der Waals surface area contributed by atoms with Gasteiger partial charge in [-0.25, -0.2) is 0 Å². The highest BCUT2D eigenvalue weighted by molar-refractivity contribution is 5.27. The first-order valence-electron chi connectivity index (χ1n) is 6.45. The third-order valence-electron chi connectivity index (χ3n) is 3.22. The molecule has 0 amide bonds. The fraction of sp³-hybridized carbons (Fsp3) is 0.643. The van der Waals surface area contributed by atoms with Crippen LogP contribution in [0.1, 0.15) is 51.0 Å². The summed E-state index contributed by atoms with van der Waals surface area (Å²) >= 11 is 0. The van der Waals surface area contributed by atoms with Crippen molar-refractivity contribution in [3.63, 3.8) is 0 Å². The molecule has 1 aliphatic carbocycles. The Bertz CT molecular complexity index is 365. The third-order valence-corrected chi connectivity index (χ3v) is 3.22. The van der Waals surface area contributed by atoms with Gasteiger partial charge >= 0.3 is 0 Å². The number of ether oxygens (including phenoxy) is 1. The number of aliphatic hydroxyl groups excluding tert-OH is 1. The molecule has 2 unspecified atom stereocenters. The molecule has 94 valence electrons. The van der Waals surface area contributed by atoms with Gasteiger partial charge in [0.25, 0.3) is 0 Å². The molecule has 0 radical (unpaired) electrons. The minimum absolute atomic E-state index is 0.150. The van der Waals surface area contributed by atoms with E-state index in [1.54, 1.807) is 6.20 Å². The van der Waals surface area contributed by atoms with Crippen molar-refractivity contribution in [3.05, 3.63) is 24.0 Å². The molecular formula is C14H21NO2. The first-order valence-corrected chi connectivity index (χ1v) is 6.45. The highest BCUT2D eigenvalue weighted by Crippen LogP contribution is 2.33. The van der Waals surface area contributed by atoms with E-state index in [-0.39, 0.29) is 12.2 Å². The van der Waals surface area contributed by atoms with Crippen LogP contribution in [0.4, 0.5) is 0 Å². The molecule has 0 bridgehead atoms. The summed E-state index contributed by atoms with van der Waals surface area (Å²) in [6.07, 6.45) is 7.70. The molecule has 2 atom stereocenters. The van der Waals surface area contributed by atoms with E-state index >= 15 is 0 Å². The predicted molar refractivity (Wildman–Crippen MR) is 67.2 cm³/mol. The number of aromatic nitrogens is 1. The number of hydrogen-bond acceptors (Lipinski definition) is 3. The van der Waals surface area contributed by atoms with E-state index in [2.05, 4.69) is 11.1 Å². The van der Waals surface area contributed by atoms with Gasteiger partial charge in [-0.2, -0.15) is 0 Å². The Morgan fingerprint density at radius 3 is 2.88 bits per heavy atom. The van der Waals surface area contributed by atoms with Crippen molar-refractivity contribution in [2.75, 3.05) is 0 Å². The van der Waals surface area contributed by atoms with E-state index in [0.717, 1.165) is 31.4 Å². The van der Waals surface area contributed by atoms with Gasteiger partial charge in [0.15, 0.2) is 0 Å². The molecule has 3 nitrogen and oxygen atoms in total. The summed E-state index contributed by atoms with van der Waals surface area (Å²) in [7, 11) is 0. The van der Waals surface area contributed by atoms with Crippen molar-refractivity contribution >= 4 is 0 Å². The van der Waals surface area contributed by atoms with Crippen molar-refractivity contribution < 1.29 is 9.84 Å². The van der Waals surface area contributed by atoms with Crippen LogP contribution in [0.25, 0.3) is 0 Å². The molecule has 1 N–H and O–H groups in total. The van der Waals surface area contributed by atoms with Crippen molar-refractivity contribution in [2.45, 2.75) is 57.7 Å². The van der Waals surface area contributed by atoms with Crippen LogP contribution >= 0.6 is 0 Å². The molecule has 0 spiro atoms. The fourth-order valence-corrected chi connectivity index (χ4v) is 2.46. The summed E-state index contributed by atoms with van der Waals surface area (Å²) in [6.45, 7) is 4.02. The molecule has 1 aliphatic rings. The fourth-order valence-electron chi connectivity index (χ4n) is 2.46. The average Bonchev–Trinajstić information content (AvgIpc) is 2.28. The number of hydrogen-bond donors (Lipinski definition) is 1. The molecule has 1 aromatic rings. The minimum Gasteiger partial charge on any atom is -0.489 e. The molecular weight excluding hydrogens is 214 g/mol. The smallest absolute Gasteiger partial charge is 0.138 e. The summed E-state index contributed by atoms with van der Waals surface area (Å²) in [6, 6.07) is 2.07. The number of nitrogens with zero attached hydrogens (tertiary/aromatic N) is 1. The van der Waals surface area contributed by atoms with E-state index in [9.17, 15) is 5.11 Å². The predicted octanol–water partition coefficient (Wildman–Crippen LogP) is 2.89. The monoisotopic (exact) mass is 235 g/mol. The van der Waals surface area contributed by atoms with Crippen LogP contribution in [-0.2, 0) is 0 Å². The van der Waals surface area contributed by atoms with E-state index in [4.69, 9.17) is 4.74 Å². The summed E-state index contributed by atoms with van der Waals surface area (Å²) in [5.74, 6) is 1.26. The van der Waals surface area contributed by atoms with E-state index in [1.807, 2.05) is 20.0 Å². The molecule has 3 heteroatoms. The minimum atomic E-state index is -0.150. The number of aliphatic hydroxyl groups is 1. The number of rotatable bonds is 3. The van der Waals surface area contributed by atoms with Gasteiger partial charge in [0, 0.05) is 6.20 Å². The maximum atomic E-state index is 9.70. The lowest BCUT2D eigenvalue weighted by Crippen LogP contribution is -2.18. The van der Waals surface area contributed by atoms with Crippen LogP contribution in [0.3, 0.4) is 0 Å². The topological polar surface area (TPSA) is 42.4 Å². The maximum absolute atomic E-state index is 9.70. The zero-order chi connectivity index (χ0) is 12.3. The second-order valence-electron chi connectivity index (χ2n) is 5.14. The Morgan fingerprint density at radius 2 is 2.18 bits per heavy atom. The Labute approximate surface area is 103 Å². The second kappa shape index (κ2) is 5.50. The first-order chi connectivity index (χ1) is 8.15. The summed E-state index contributed by atoms with van der Waals surface area (Å²) in [4.78, 5) is 4.23. The van der Waals surface area contributed by atoms with Crippen LogP contribution < -0.4 is 4.74 Å².